The van der Waals surface area contributed by atoms with Gasteiger partial charge in [0.15, 0.2) is 0 Å². The van der Waals surface area contributed by atoms with Crippen LogP contribution in [0.5, 0.6) is 5.75 Å². The lowest BCUT2D eigenvalue weighted by molar-refractivity contribution is 0.411. The Morgan fingerprint density at radius 1 is 1.12 bits per heavy atom. The molecule has 88 valence electrons. The van der Waals surface area contributed by atoms with Crippen molar-refractivity contribution in [2.24, 2.45) is 0 Å². The van der Waals surface area contributed by atoms with Gasteiger partial charge in [0.1, 0.15) is 11.6 Å². The van der Waals surface area contributed by atoms with Gasteiger partial charge >= 0.3 is 0 Å². The molecule has 0 aliphatic carbocycles. The lowest BCUT2D eigenvalue weighted by atomic mass is 10.0. The predicted molar refractivity (Wildman–Crippen MR) is 67.8 cm³/mol. The van der Waals surface area contributed by atoms with Gasteiger partial charge in [-0.1, -0.05) is 17.7 Å². The van der Waals surface area contributed by atoms with E-state index in [0.29, 0.717) is 27.6 Å². The van der Waals surface area contributed by atoms with E-state index in [0.717, 1.165) is 0 Å². The van der Waals surface area contributed by atoms with Gasteiger partial charge in [-0.25, -0.2) is 4.39 Å². The number of nitrogens with two attached hydrogens (primary N) is 1. The first-order valence-corrected chi connectivity index (χ1v) is 5.38. The third kappa shape index (κ3) is 2.34. The summed E-state index contributed by atoms with van der Waals surface area (Å²) in [6.07, 6.45) is 0. The van der Waals surface area contributed by atoms with Crippen LogP contribution in [0.25, 0.3) is 11.1 Å². The number of ether oxygens (including phenoxy) is 1. The van der Waals surface area contributed by atoms with Crippen molar-refractivity contribution < 1.29 is 9.13 Å². The van der Waals surface area contributed by atoms with Crippen LogP contribution in [0, 0.1) is 5.82 Å². The molecule has 0 aliphatic heterocycles. The molecule has 0 atom stereocenters. The molecule has 0 unspecified atom stereocenters. The first kappa shape index (κ1) is 11.7. The molecule has 2 nitrogen and oxygen atoms in total. The number of halogens is 2. The van der Waals surface area contributed by atoms with E-state index in [-0.39, 0.29) is 5.82 Å². The van der Waals surface area contributed by atoms with Crippen LogP contribution in [-0.2, 0) is 0 Å². The van der Waals surface area contributed by atoms with Crippen molar-refractivity contribution in [1.82, 2.24) is 0 Å². The molecular weight excluding hydrogens is 241 g/mol. The van der Waals surface area contributed by atoms with Crippen LogP contribution in [0.15, 0.2) is 36.4 Å². The highest BCUT2D eigenvalue weighted by atomic mass is 35.5. The highest BCUT2D eigenvalue weighted by molar-refractivity contribution is 6.31. The van der Waals surface area contributed by atoms with Crippen LogP contribution >= 0.6 is 11.6 Å². The fourth-order valence-electron chi connectivity index (χ4n) is 1.62. The summed E-state index contributed by atoms with van der Waals surface area (Å²) in [5.74, 6) is 0.0946. The van der Waals surface area contributed by atoms with Gasteiger partial charge in [-0.2, -0.15) is 0 Å². The average Bonchev–Trinajstić information content (AvgIpc) is 2.30. The van der Waals surface area contributed by atoms with E-state index in [2.05, 4.69) is 0 Å². The molecule has 4 heteroatoms. The SMILES string of the molecule is COc1ccc(-c2ccc(Cl)cc2N)c(F)c1. The zero-order chi connectivity index (χ0) is 12.4. The summed E-state index contributed by atoms with van der Waals surface area (Å²) in [5.41, 5.74) is 7.31. The lowest BCUT2D eigenvalue weighted by Gasteiger charge is -2.08. The highest BCUT2D eigenvalue weighted by Crippen LogP contribution is 2.31. The van der Waals surface area contributed by atoms with Crippen LogP contribution in [0.4, 0.5) is 10.1 Å². The Labute approximate surface area is 104 Å². The second-order valence-corrected chi connectivity index (χ2v) is 4.01. The first-order valence-electron chi connectivity index (χ1n) is 5.01. The third-order valence-electron chi connectivity index (χ3n) is 2.48. The van der Waals surface area contributed by atoms with Gasteiger partial charge in [-0.15, -0.1) is 0 Å². The van der Waals surface area contributed by atoms with Crippen molar-refractivity contribution in [3.8, 4) is 16.9 Å². The molecule has 17 heavy (non-hydrogen) atoms. The summed E-state index contributed by atoms with van der Waals surface area (Å²) in [6, 6.07) is 9.61. The fourth-order valence-corrected chi connectivity index (χ4v) is 1.80. The van der Waals surface area contributed by atoms with E-state index in [1.165, 1.54) is 13.2 Å². The normalized spacial score (nSPS) is 10.3. The zero-order valence-corrected chi connectivity index (χ0v) is 9.96. The molecule has 0 bridgehead atoms. The van der Waals surface area contributed by atoms with Gasteiger partial charge in [-0.3, -0.25) is 0 Å². The molecule has 2 N–H and O–H groups in total. The zero-order valence-electron chi connectivity index (χ0n) is 9.21. The average molecular weight is 252 g/mol. The summed E-state index contributed by atoms with van der Waals surface area (Å²) in [6.45, 7) is 0. The van der Waals surface area contributed by atoms with Crippen molar-refractivity contribution >= 4 is 17.3 Å². The second-order valence-electron chi connectivity index (χ2n) is 3.58. The minimum absolute atomic E-state index is 0.377. The molecule has 2 aromatic rings. The largest absolute Gasteiger partial charge is 0.497 e. The molecule has 0 radical (unpaired) electrons. The summed E-state index contributed by atoms with van der Waals surface area (Å²) >= 11 is 5.80. The Kier molecular flexibility index (Phi) is 3.20. The standard InChI is InChI=1S/C13H11ClFNO/c1-17-9-3-5-10(12(15)7-9)11-4-2-8(14)6-13(11)16/h2-7H,16H2,1H3. The third-order valence-corrected chi connectivity index (χ3v) is 2.72. The Balaban J connectivity index is 2.53. The minimum atomic E-state index is -0.377. The number of anilines is 1. The molecule has 0 heterocycles. The Hall–Kier alpha value is -1.74. The van der Waals surface area contributed by atoms with Crippen molar-refractivity contribution in [3.63, 3.8) is 0 Å². The van der Waals surface area contributed by atoms with E-state index >= 15 is 0 Å². The number of benzene rings is 2. The molecule has 0 aromatic heterocycles. The number of nitrogen functional groups attached to an aromatic ring is 1. The predicted octanol–water partition coefficient (Wildman–Crippen LogP) is 3.74. The summed E-state index contributed by atoms with van der Waals surface area (Å²) in [7, 11) is 1.49. The Bertz CT molecular complexity index is 557. The van der Waals surface area contributed by atoms with Crippen molar-refractivity contribution in [3.05, 3.63) is 47.2 Å². The molecule has 2 rings (SSSR count). The van der Waals surface area contributed by atoms with Crippen LogP contribution in [0.3, 0.4) is 0 Å². The minimum Gasteiger partial charge on any atom is -0.497 e. The topological polar surface area (TPSA) is 35.2 Å². The summed E-state index contributed by atoms with van der Waals surface area (Å²) < 4.78 is 18.8. The van der Waals surface area contributed by atoms with Crippen LogP contribution in [0.2, 0.25) is 5.02 Å². The van der Waals surface area contributed by atoms with Crippen molar-refractivity contribution in [2.45, 2.75) is 0 Å². The maximum atomic E-state index is 13.8. The number of methoxy groups -OCH3 is 1. The van der Waals surface area contributed by atoms with Crippen molar-refractivity contribution in [1.29, 1.82) is 0 Å². The van der Waals surface area contributed by atoms with E-state index in [4.69, 9.17) is 22.1 Å². The highest BCUT2D eigenvalue weighted by Gasteiger charge is 2.09. The van der Waals surface area contributed by atoms with Gasteiger partial charge in [0, 0.05) is 27.9 Å². The molecule has 0 spiro atoms. The molecule has 0 fully saturated rings. The molecule has 0 saturated carbocycles. The van der Waals surface area contributed by atoms with E-state index in [9.17, 15) is 4.39 Å². The van der Waals surface area contributed by atoms with Gasteiger partial charge in [0.05, 0.1) is 7.11 Å². The smallest absolute Gasteiger partial charge is 0.134 e. The van der Waals surface area contributed by atoms with Crippen LogP contribution in [-0.4, -0.2) is 7.11 Å². The monoisotopic (exact) mass is 251 g/mol. The van der Waals surface area contributed by atoms with E-state index < -0.39 is 0 Å². The second kappa shape index (κ2) is 4.63. The lowest BCUT2D eigenvalue weighted by Crippen LogP contribution is -1.93. The molecular formula is C13H11ClFNO. The molecule has 0 saturated heterocycles. The van der Waals surface area contributed by atoms with Crippen LogP contribution < -0.4 is 10.5 Å². The molecule has 0 aliphatic rings. The van der Waals surface area contributed by atoms with E-state index in [1.807, 2.05) is 0 Å². The van der Waals surface area contributed by atoms with Gasteiger partial charge in [0.25, 0.3) is 0 Å². The van der Waals surface area contributed by atoms with Crippen molar-refractivity contribution in [2.75, 3.05) is 12.8 Å². The quantitative estimate of drug-likeness (QED) is 0.826. The Morgan fingerprint density at radius 3 is 2.41 bits per heavy atom. The number of hydrogen-bond donors (Lipinski definition) is 1. The summed E-state index contributed by atoms with van der Waals surface area (Å²) in [4.78, 5) is 0. The van der Waals surface area contributed by atoms with Gasteiger partial charge < -0.3 is 10.5 Å². The maximum Gasteiger partial charge on any atom is 0.134 e. The van der Waals surface area contributed by atoms with Crippen LogP contribution in [0.1, 0.15) is 0 Å². The molecule has 2 aromatic carbocycles. The fraction of sp³-hybridized carbons (Fsp3) is 0.0769. The van der Waals surface area contributed by atoms with Gasteiger partial charge in [-0.05, 0) is 24.3 Å². The first-order chi connectivity index (χ1) is 8.11. The van der Waals surface area contributed by atoms with Gasteiger partial charge in [0.2, 0.25) is 0 Å². The molecule has 0 amide bonds. The number of hydrogen-bond acceptors (Lipinski definition) is 2. The number of rotatable bonds is 2. The van der Waals surface area contributed by atoms with E-state index in [1.54, 1.807) is 30.3 Å². The summed E-state index contributed by atoms with van der Waals surface area (Å²) in [5, 5.41) is 0.528. The Morgan fingerprint density at radius 2 is 1.82 bits per heavy atom. The maximum absolute atomic E-state index is 13.8.